The van der Waals surface area contributed by atoms with Crippen LogP contribution in [0.5, 0.6) is 5.75 Å². The molecule has 4 N–H and O–H groups in total. The van der Waals surface area contributed by atoms with E-state index in [1.165, 1.54) is 24.4 Å². The van der Waals surface area contributed by atoms with Crippen LogP contribution in [0.2, 0.25) is 5.02 Å². The van der Waals surface area contributed by atoms with Crippen molar-refractivity contribution < 1.29 is 13.9 Å². The molecule has 0 spiro atoms. The fourth-order valence-corrected chi connectivity index (χ4v) is 2.77. The molecular formula is C20H24ClFN4O2. The van der Waals surface area contributed by atoms with Crippen molar-refractivity contribution in [3.63, 3.8) is 0 Å². The molecule has 1 heterocycles. The molecule has 2 aromatic rings. The van der Waals surface area contributed by atoms with Crippen molar-refractivity contribution in [1.29, 1.82) is 5.41 Å². The third kappa shape index (κ3) is 5.94. The maximum atomic E-state index is 13.5. The van der Waals surface area contributed by atoms with E-state index in [2.05, 4.69) is 10.3 Å². The van der Waals surface area contributed by atoms with Gasteiger partial charge in [0.2, 0.25) is 0 Å². The number of allylic oxidation sites excluding steroid dienone is 1. The molecule has 6 nitrogen and oxygen atoms in total. The minimum Gasteiger partial charge on any atom is -0.482 e. The number of halogens is 2. The Bertz CT molecular complexity index is 845. The van der Waals surface area contributed by atoms with Crippen LogP contribution < -0.4 is 15.8 Å². The van der Waals surface area contributed by atoms with Gasteiger partial charge in [0.25, 0.3) is 0 Å². The van der Waals surface area contributed by atoms with Gasteiger partial charge in [-0.25, -0.2) is 9.37 Å². The Hall–Kier alpha value is -2.64. The van der Waals surface area contributed by atoms with Gasteiger partial charge in [-0.05, 0) is 37.6 Å². The lowest BCUT2D eigenvalue weighted by Gasteiger charge is -2.18. The highest BCUT2D eigenvalue weighted by atomic mass is 35.5. The van der Waals surface area contributed by atoms with Gasteiger partial charge in [-0.1, -0.05) is 11.6 Å². The summed E-state index contributed by atoms with van der Waals surface area (Å²) < 4.78 is 24.4. The minimum atomic E-state index is -0.540. The van der Waals surface area contributed by atoms with Gasteiger partial charge >= 0.3 is 0 Å². The van der Waals surface area contributed by atoms with E-state index in [-0.39, 0.29) is 5.82 Å². The first kappa shape index (κ1) is 21.7. The van der Waals surface area contributed by atoms with Crippen LogP contribution in [0.4, 0.5) is 10.2 Å². The van der Waals surface area contributed by atoms with Crippen molar-refractivity contribution in [2.24, 2.45) is 0 Å². The molecule has 0 amide bonds. The third-order valence-corrected chi connectivity index (χ3v) is 4.34. The van der Waals surface area contributed by atoms with Crippen LogP contribution in [0, 0.1) is 11.2 Å². The first-order valence-electron chi connectivity index (χ1n) is 8.76. The molecule has 1 atom stereocenters. The molecule has 2 rings (SSSR count). The lowest BCUT2D eigenvalue weighted by Crippen LogP contribution is -2.11. The van der Waals surface area contributed by atoms with Gasteiger partial charge in [0.1, 0.15) is 11.9 Å². The normalized spacial score (nSPS) is 12.5. The number of methoxy groups -OCH3 is 1. The first-order chi connectivity index (χ1) is 13.5. The van der Waals surface area contributed by atoms with E-state index in [0.29, 0.717) is 40.6 Å². The van der Waals surface area contributed by atoms with Gasteiger partial charge in [0.05, 0.1) is 0 Å². The van der Waals surface area contributed by atoms with Crippen LogP contribution >= 0.6 is 11.6 Å². The summed E-state index contributed by atoms with van der Waals surface area (Å²) in [7, 11) is 1.65. The third-order valence-electron chi connectivity index (χ3n) is 4.00. The van der Waals surface area contributed by atoms with E-state index in [4.69, 9.17) is 32.2 Å². The van der Waals surface area contributed by atoms with Crippen molar-refractivity contribution in [2.45, 2.75) is 19.4 Å². The topological polar surface area (TPSA) is 93.2 Å². The maximum absolute atomic E-state index is 13.5. The SMILES string of the molecule is COCCCN/C=C(\C=N)c1cnc(N)c(OC(C)c2cc(F)ccc2Cl)c1. The number of nitrogens with one attached hydrogen (secondary N) is 2. The predicted octanol–water partition coefficient (Wildman–Crippen LogP) is 4.21. The van der Waals surface area contributed by atoms with E-state index >= 15 is 0 Å². The van der Waals surface area contributed by atoms with Gasteiger partial charge in [-0.2, -0.15) is 0 Å². The van der Waals surface area contributed by atoms with Gasteiger partial charge in [0.15, 0.2) is 11.6 Å². The van der Waals surface area contributed by atoms with E-state index in [0.717, 1.165) is 6.42 Å². The largest absolute Gasteiger partial charge is 0.482 e. The molecule has 28 heavy (non-hydrogen) atoms. The molecule has 0 aliphatic rings. The number of hydrogen-bond donors (Lipinski definition) is 3. The van der Waals surface area contributed by atoms with Crippen molar-refractivity contribution >= 4 is 29.2 Å². The summed E-state index contributed by atoms with van der Waals surface area (Å²) in [5.74, 6) is 0.126. The number of nitrogens with zero attached hydrogens (tertiary/aromatic N) is 1. The molecule has 0 fully saturated rings. The Kier molecular flexibility index (Phi) is 8.22. The second kappa shape index (κ2) is 10.6. The number of anilines is 1. The van der Waals surface area contributed by atoms with Gasteiger partial charge in [0, 0.05) is 60.6 Å². The Morgan fingerprint density at radius 3 is 2.93 bits per heavy atom. The molecule has 0 bridgehead atoms. The molecule has 0 saturated carbocycles. The Balaban J connectivity index is 2.18. The van der Waals surface area contributed by atoms with Crippen LogP contribution in [-0.4, -0.2) is 31.5 Å². The summed E-state index contributed by atoms with van der Waals surface area (Å²) in [5, 5.41) is 11.2. The minimum absolute atomic E-state index is 0.195. The van der Waals surface area contributed by atoms with E-state index in [9.17, 15) is 4.39 Å². The number of rotatable bonds is 10. The van der Waals surface area contributed by atoms with Crippen LogP contribution in [0.3, 0.4) is 0 Å². The average Bonchev–Trinajstić information content (AvgIpc) is 2.68. The molecule has 1 unspecified atom stereocenters. The van der Waals surface area contributed by atoms with Crippen molar-refractivity contribution in [3.8, 4) is 5.75 Å². The molecular weight excluding hydrogens is 383 g/mol. The van der Waals surface area contributed by atoms with Gasteiger partial charge < -0.3 is 25.9 Å². The highest BCUT2D eigenvalue weighted by Crippen LogP contribution is 2.31. The molecule has 0 saturated heterocycles. The zero-order chi connectivity index (χ0) is 20.5. The molecule has 0 aliphatic carbocycles. The predicted molar refractivity (Wildman–Crippen MR) is 110 cm³/mol. The standard InChI is InChI=1S/C20H24ClFN4O2/c1-13(17-9-16(22)4-5-18(17)21)28-19-8-14(12-26-20(19)24)15(10-23)11-25-6-3-7-27-2/h4-5,8-13,23,25H,3,6-7H2,1-2H3,(H2,24,26)/b15-11+,23-10?. The molecule has 1 aromatic heterocycles. The number of benzene rings is 1. The van der Waals surface area contributed by atoms with Crippen LogP contribution in [-0.2, 0) is 4.74 Å². The van der Waals surface area contributed by atoms with Crippen LogP contribution in [0.15, 0.2) is 36.7 Å². The lowest BCUT2D eigenvalue weighted by atomic mass is 10.1. The number of ether oxygens (including phenoxy) is 2. The van der Waals surface area contributed by atoms with E-state index < -0.39 is 11.9 Å². The summed E-state index contributed by atoms with van der Waals surface area (Å²) in [4.78, 5) is 4.15. The second-order valence-electron chi connectivity index (χ2n) is 6.08. The Morgan fingerprint density at radius 1 is 1.43 bits per heavy atom. The van der Waals surface area contributed by atoms with Crippen molar-refractivity contribution in [3.05, 3.63) is 58.6 Å². The summed E-state index contributed by atoms with van der Waals surface area (Å²) in [6.45, 7) is 3.12. The Labute approximate surface area is 169 Å². The number of aromatic nitrogens is 1. The van der Waals surface area contributed by atoms with Gasteiger partial charge in [-0.15, -0.1) is 0 Å². The fourth-order valence-electron chi connectivity index (χ4n) is 2.50. The van der Waals surface area contributed by atoms with Crippen LogP contribution in [0.1, 0.15) is 30.6 Å². The molecule has 0 aliphatic heterocycles. The van der Waals surface area contributed by atoms with Crippen molar-refractivity contribution in [1.82, 2.24) is 10.3 Å². The molecule has 150 valence electrons. The summed E-state index contributed by atoms with van der Waals surface area (Å²) in [6.07, 6.45) is 4.82. The smallest absolute Gasteiger partial charge is 0.166 e. The molecule has 8 heteroatoms. The summed E-state index contributed by atoms with van der Waals surface area (Å²) in [5.41, 5.74) is 7.72. The highest BCUT2D eigenvalue weighted by molar-refractivity contribution is 6.31. The average molecular weight is 407 g/mol. The quantitative estimate of drug-likeness (QED) is 0.406. The number of nitrogen functional groups attached to an aromatic ring is 1. The fraction of sp³-hybridized carbons (Fsp3) is 0.300. The molecule has 0 radical (unpaired) electrons. The number of hydrogen-bond acceptors (Lipinski definition) is 6. The highest BCUT2D eigenvalue weighted by Gasteiger charge is 2.15. The van der Waals surface area contributed by atoms with Crippen LogP contribution in [0.25, 0.3) is 5.57 Å². The van der Waals surface area contributed by atoms with Gasteiger partial charge in [-0.3, -0.25) is 0 Å². The molecule has 1 aromatic carbocycles. The first-order valence-corrected chi connectivity index (χ1v) is 9.14. The Morgan fingerprint density at radius 2 is 2.21 bits per heavy atom. The van der Waals surface area contributed by atoms with Crippen molar-refractivity contribution in [2.75, 3.05) is 26.0 Å². The zero-order valence-corrected chi connectivity index (χ0v) is 16.6. The second-order valence-corrected chi connectivity index (χ2v) is 6.48. The maximum Gasteiger partial charge on any atom is 0.166 e. The van der Waals surface area contributed by atoms with E-state index in [1.54, 1.807) is 32.5 Å². The summed E-state index contributed by atoms with van der Waals surface area (Å²) >= 11 is 6.15. The number of nitrogens with two attached hydrogens (primary N) is 1. The van der Waals surface area contributed by atoms with E-state index in [1.807, 2.05) is 0 Å². The monoisotopic (exact) mass is 406 g/mol. The number of pyridine rings is 1. The zero-order valence-electron chi connectivity index (χ0n) is 15.8. The summed E-state index contributed by atoms with van der Waals surface area (Å²) in [6, 6.07) is 5.79. The lowest BCUT2D eigenvalue weighted by molar-refractivity contribution is 0.195.